The molecule has 19 heavy (non-hydrogen) atoms. The van der Waals surface area contributed by atoms with E-state index >= 15 is 0 Å². The normalized spacial score (nSPS) is 24.7. The van der Waals surface area contributed by atoms with Gasteiger partial charge in [-0.3, -0.25) is 0 Å². The van der Waals surface area contributed by atoms with Gasteiger partial charge in [-0.1, -0.05) is 15.9 Å². The van der Waals surface area contributed by atoms with Crippen LogP contribution in [0.25, 0.3) is 0 Å². The molecule has 0 saturated carbocycles. The number of ether oxygens (including phenoxy) is 2. The molecular weight excluding hydrogens is 316 g/mol. The minimum Gasteiger partial charge on any atom is -0.408 e. The smallest absolute Gasteiger partial charge is 0.340 e. The van der Waals surface area contributed by atoms with E-state index < -0.39 is 27.3 Å². The molecule has 104 valence electrons. The van der Waals surface area contributed by atoms with Crippen LogP contribution in [0, 0.1) is 0 Å². The van der Waals surface area contributed by atoms with Gasteiger partial charge in [-0.15, -0.1) is 0 Å². The Morgan fingerprint density at radius 1 is 0.947 bits per heavy atom. The Hall–Kier alpha value is -1.24. The second-order valence-electron chi connectivity index (χ2n) is 5.73. The predicted molar refractivity (Wildman–Crippen MR) is 72.5 cm³/mol. The lowest BCUT2D eigenvalue weighted by atomic mass is 10.1. The number of cyclic esters (lactones) is 2. The number of carbonyl (C=O) groups is 2. The van der Waals surface area contributed by atoms with E-state index in [9.17, 15) is 9.59 Å². The van der Waals surface area contributed by atoms with Gasteiger partial charge in [0.25, 0.3) is 0 Å². The molecule has 0 unspecified atom stereocenters. The van der Waals surface area contributed by atoms with E-state index in [1.165, 1.54) is 0 Å². The Kier molecular flexibility index (Phi) is 2.89. The summed E-state index contributed by atoms with van der Waals surface area (Å²) in [4.78, 5) is 31.7. The van der Waals surface area contributed by atoms with Gasteiger partial charge in [0.2, 0.25) is 11.8 Å². The Morgan fingerprint density at radius 3 is 1.47 bits per heavy atom. The maximum absolute atomic E-state index is 11.7. The first-order valence-corrected chi connectivity index (χ1v) is 6.60. The molecule has 0 atom stereocenters. The van der Waals surface area contributed by atoms with Crippen LogP contribution >= 0.6 is 15.9 Å². The van der Waals surface area contributed by atoms with E-state index in [1.807, 2.05) is 0 Å². The summed E-state index contributed by atoms with van der Waals surface area (Å²) in [5.74, 6) is -0.604. The van der Waals surface area contributed by atoms with Crippen LogP contribution in [0.15, 0.2) is 9.98 Å². The highest BCUT2D eigenvalue weighted by Gasteiger charge is 2.51. The van der Waals surface area contributed by atoms with Gasteiger partial charge in [0.1, 0.15) is 0 Å². The van der Waals surface area contributed by atoms with Crippen LogP contribution in [0.2, 0.25) is 0 Å². The average molecular weight is 331 g/mol. The fraction of sp³-hybridized carbons (Fsp3) is 0.667. The molecule has 0 fully saturated rings. The van der Waals surface area contributed by atoms with E-state index in [2.05, 4.69) is 25.9 Å². The second kappa shape index (κ2) is 3.88. The minimum atomic E-state index is -1.04. The lowest BCUT2D eigenvalue weighted by Gasteiger charge is -2.19. The molecule has 2 aliphatic heterocycles. The number of esters is 2. The van der Waals surface area contributed by atoms with Crippen molar-refractivity contribution in [2.75, 3.05) is 0 Å². The second-order valence-corrected chi connectivity index (χ2v) is 7.32. The van der Waals surface area contributed by atoms with Gasteiger partial charge in [0, 0.05) is 0 Å². The largest absolute Gasteiger partial charge is 0.408 e. The van der Waals surface area contributed by atoms with Gasteiger partial charge in [-0.25, -0.2) is 19.6 Å². The summed E-state index contributed by atoms with van der Waals surface area (Å²) in [7, 11) is 0. The molecule has 0 aliphatic carbocycles. The topological polar surface area (TPSA) is 77.3 Å². The van der Waals surface area contributed by atoms with Crippen LogP contribution in [-0.4, -0.2) is 39.1 Å². The maximum atomic E-state index is 11.7. The molecule has 7 heteroatoms. The molecule has 0 bridgehead atoms. The molecule has 2 heterocycles. The first kappa shape index (κ1) is 14.2. The summed E-state index contributed by atoms with van der Waals surface area (Å²) < 4.78 is 9.26. The van der Waals surface area contributed by atoms with Gasteiger partial charge < -0.3 is 9.47 Å². The van der Waals surface area contributed by atoms with Crippen LogP contribution in [0.4, 0.5) is 0 Å². The van der Waals surface area contributed by atoms with Gasteiger partial charge >= 0.3 is 11.9 Å². The van der Waals surface area contributed by atoms with Crippen molar-refractivity contribution in [1.29, 1.82) is 0 Å². The van der Waals surface area contributed by atoms with Crippen molar-refractivity contribution in [3.63, 3.8) is 0 Å². The van der Waals surface area contributed by atoms with Crippen LogP contribution < -0.4 is 0 Å². The molecule has 0 amide bonds. The van der Waals surface area contributed by atoms with Crippen molar-refractivity contribution >= 4 is 39.7 Å². The zero-order chi connectivity index (χ0) is 14.6. The SMILES string of the molecule is CC1(C)N=C(C(C)(Br)C2=NC(C)(C)C(=O)O2)OC1=O. The van der Waals surface area contributed by atoms with E-state index in [-0.39, 0.29) is 11.8 Å². The Morgan fingerprint density at radius 2 is 1.26 bits per heavy atom. The molecule has 6 nitrogen and oxygen atoms in total. The summed E-state index contributed by atoms with van der Waals surface area (Å²) in [6.45, 7) is 8.28. The number of nitrogens with zero attached hydrogens (tertiary/aromatic N) is 2. The van der Waals surface area contributed by atoms with E-state index in [4.69, 9.17) is 9.47 Å². The zero-order valence-electron chi connectivity index (χ0n) is 11.4. The summed E-state index contributed by atoms with van der Waals surface area (Å²) in [5, 5.41) is 0. The molecule has 0 aromatic heterocycles. The van der Waals surface area contributed by atoms with E-state index in [0.29, 0.717) is 0 Å². The fourth-order valence-corrected chi connectivity index (χ4v) is 1.90. The van der Waals surface area contributed by atoms with Crippen LogP contribution in [0.3, 0.4) is 0 Å². The van der Waals surface area contributed by atoms with Crippen LogP contribution in [0.1, 0.15) is 34.6 Å². The first-order chi connectivity index (χ1) is 8.47. The number of carbonyl (C=O) groups excluding carboxylic acids is 2. The molecule has 0 aromatic rings. The maximum Gasteiger partial charge on any atom is 0.340 e. The molecule has 0 saturated heterocycles. The first-order valence-electron chi connectivity index (χ1n) is 5.81. The number of rotatable bonds is 2. The van der Waals surface area contributed by atoms with Crippen LogP contribution in [-0.2, 0) is 19.1 Å². The molecule has 2 rings (SSSR count). The van der Waals surface area contributed by atoms with Crippen molar-refractivity contribution in [2.45, 2.75) is 50.0 Å². The average Bonchev–Trinajstić information content (AvgIpc) is 2.67. The summed E-state index contributed by atoms with van der Waals surface area (Å²) in [5.41, 5.74) is -1.88. The van der Waals surface area contributed by atoms with Gasteiger partial charge in [-0.05, 0) is 34.6 Å². The lowest BCUT2D eigenvalue weighted by molar-refractivity contribution is -0.138. The number of hydrogen-bond acceptors (Lipinski definition) is 6. The highest BCUT2D eigenvalue weighted by molar-refractivity contribution is 9.10. The number of aliphatic imine (C=N–C) groups is 2. The molecule has 0 spiro atoms. The summed E-state index contributed by atoms with van der Waals surface area (Å²) in [6.07, 6.45) is 0. The van der Waals surface area contributed by atoms with Gasteiger partial charge in [0.15, 0.2) is 15.4 Å². The van der Waals surface area contributed by atoms with Crippen molar-refractivity contribution < 1.29 is 19.1 Å². The molecule has 0 radical (unpaired) electrons. The molecule has 2 aliphatic rings. The third-order valence-corrected chi connectivity index (χ3v) is 3.62. The highest BCUT2D eigenvalue weighted by atomic mass is 79.9. The Labute approximate surface area is 119 Å². The fourth-order valence-electron chi connectivity index (χ4n) is 1.56. The van der Waals surface area contributed by atoms with Gasteiger partial charge in [0.05, 0.1) is 0 Å². The van der Waals surface area contributed by atoms with Crippen molar-refractivity contribution in [2.24, 2.45) is 9.98 Å². The minimum absolute atomic E-state index is 0.145. The monoisotopic (exact) mass is 330 g/mol. The third-order valence-electron chi connectivity index (χ3n) is 2.94. The number of hydrogen-bond donors (Lipinski definition) is 0. The van der Waals surface area contributed by atoms with Crippen molar-refractivity contribution in [3.05, 3.63) is 0 Å². The van der Waals surface area contributed by atoms with Crippen molar-refractivity contribution in [3.8, 4) is 0 Å². The zero-order valence-corrected chi connectivity index (χ0v) is 13.0. The highest BCUT2D eigenvalue weighted by Crippen LogP contribution is 2.34. The summed E-state index contributed by atoms with van der Waals surface area (Å²) >= 11 is 3.38. The summed E-state index contributed by atoms with van der Waals surface area (Å²) in [6, 6.07) is 0. The third kappa shape index (κ3) is 2.20. The van der Waals surface area contributed by atoms with E-state index in [1.54, 1.807) is 34.6 Å². The van der Waals surface area contributed by atoms with Crippen molar-refractivity contribution in [1.82, 2.24) is 0 Å². The number of halogens is 1. The van der Waals surface area contributed by atoms with Crippen LogP contribution in [0.5, 0.6) is 0 Å². The standard InChI is InChI=1S/C12H15BrN2O4/c1-10(2)8(16)18-6(14-10)12(5,13)7-15-11(3,4)9(17)19-7/h1-5H3. The molecule has 0 aromatic carbocycles. The predicted octanol–water partition coefficient (Wildman–Crippen LogP) is 1.61. The van der Waals surface area contributed by atoms with Gasteiger partial charge in [-0.2, -0.15) is 0 Å². The number of alkyl halides is 1. The molecule has 0 N–H and O–H groups in total. The Bertz CT molecular complexity index is 486. The Balaban J connectivity index is 2.36. The quantitative estimate of drug-likeness (QED) is 0.569. The molecular formula is C12H15BrN2O4. The lowest BCUT2D eigenvalue weighted by Crippen LogP contribution is -2.39. The van der Waals surface area contributed by atoms with E-state index in [0.717, 1.165) is 0 Å².